The van der Waals surface area contributed by atoms with Crippen LogP contribution in [0.1, 0.15) is 5.56 Å². The molecule has 9 heteroatoms. The molecule has 0 saturated heterocycles. The lowest BCUT2D eigenvalue weighted by molar-refractivity contribution is -0.115. The molecule has 0 bridgehead atoms. The van der Waals surface area contributed by atoms with E-state index in [-0.39, 0.29) is 12.0 Å². The standard InChI is InChI=1S/C21H16F2N6O/c22-15-3-2-14(18(23)11-15)10-21(30)28-17-6-4-16(5-7-17)27-19-12-20(25-13-24-19)29-9-1-8-26-29/h1-9,11-13H,10H2,(H,28,30)(H,24,25,27). The van der Waals surface area contributed by atoms with E-state index in [2.05, 4.69) is 25.7 Å². The van der Waals surface area contributed by atoms with Gasteiger partial charge in [-0.25, -0.2) is 23.4 Å². The van der Waals surface area contributed by atoms with Crippen LogP contribution in [0.2, 0.25) is 0 Å². The first-order chi connectivity index (χ1) is 14.6. The quantitative estimate of drug-likeness (QED) is 0.508. The van der Waals surface area contributed by atoms with Crippen LogP contribution in [0.4, 0.5) is 26.0 Å². The maximum absolute atomic E-state index is 13.7. The highest BCUT2D eigenvalue weighted by molar-refractivity contribution is 5.92. The van der Waals surface area contributed by atoms with E-state index in [9.17, 15) is 13.6 Å². The lowest BCUT2D eigenvalue weighted by Crippen LogP contribution is -2.15. The highest BCUT2D eigenvalue weighted by atomic mass is 19.1. The molecule has 0 unspecified atom stereocenters. The van der Waals surface area contributed by atoms with Gasteiger partial charge in [0.25, 0.3) is 0 Å². The van der Waals surface area contributed by atoms with Crippen LogP contribution in [0.25, 0.3) is 5.82 Å². The summed E-state index contributed by atoms with van der Waals surface area (Å²) in [6, 6.07) is 13.6. The Morgan fingerprint density at radius 3 is 2.53 bits per heavy atom. The van der Waals surface area contributed by atoms with Crippen LogP contribution in [0, 0.1) is 11.6 Å². The summed E-state index contributed by atoms with van der Waals surface area (Å²) in [6.07, 6.45) is 4.68. The number of nitrogens with zero attached hydrogens (tertiary/aromatic N) is 4. The van der Waals surface area contributed by atoms with Crippen LogP contribution < -0.4 is 10.6 Å². The molecular weight excluding hydrogens is 390 g/mol. The van der Waals surface area contributed by atoms with E-state index >= 15 is 0 Å². The highest BCUT2D eigenvalue weighted by Crippen LogP contribution is 2.19. The van der Waals surface area contributed by atoms with Gasteiger partial charge < -0.3 is 10.6 Å². The Morgan fingerprint density at radius 2 is 1.80 bits per heavy atom. The number of anilines is 3. The Kier molecular flexibility index (Phi) is 5.42. The first-order valence-corrected chi connectivity index (χ1v) is 9.00. The van der Waals surface area contributed by atoms with Gasteiger partial charge in [0, 0.05) is 35.9 Å². The first kappa shape index (κ1) is 19.2. The van der Waals surface area contributed by atoms with E-state index in [1.54, 1.807) is 53.5 Å². The van der Waals surface area contributed by atoms with E-state index in [4.69, 9.17) is 0 Å². The molecule has 7 nitrogen and oxygen atoms in total. The summed E-state index contributed by atoms with van der Waals surface area (Å²) in [5.41, 5.74) is 1.43. The Bertz CT molecular complexity index is 1160. The average Bonchev–Trinajstić information content (AvgIpc) is 3.27. The second-order valence-corrected chi connectivity index (χ2v) is 6.38. The Labute approximate surface area is 170 Å². The van der Waals surface area contributed by atoms with E-state index < -0.39 is 17.5 Å². The molecule has 0 spiro atoms. The number of benzene rings is 2. The fourth-order valence-corrected chi connectivity index (χ4v) is 2.77. The molecule has 0 atom stereocenters. The van der Waals surface area contributed by atoms with E-state index in [1.807, 2.05) is 0 Å². The molecule has 150 valence electrons. The molecule has 2 N–H and O–H groups in total. The van der Waals surface area contributed by atoms with Crippen LogP contribution in [-0.2, 0) is 11.2 Å². The zero-order chi connectivity index (χ0) is 20.9. The zero-order valence-corrected chi connectivity index (χ0v) is 15.6. The third-order valence-corrected chi connectivity index (χ3v) is 4.20. The van der Waals surface area contributed by atoms with Crippen molar-refractivity contribution in [3.63, 3.8) is 0 Å². The minimum absolute atomic E-state index is 0.129. The number of nitrogens with one attached hydrogen (secondary N) is 2. The van der Waals surface area contributed by atoms with E-state index in [1.165, 1.54) is 12.4 Å². The van der Waals surface area contributed by atoms with Crippen molar-refractivity contribution in [2.24, 2.45) is 0 Å². The first-order valence-electron chi connectivity index (χ1n) is 9.00. The molecule has 0 saturated carbocycles. The molecule has 0 fully saturated rings. The van der Waals surface area contributed by atoms with Crippen LogP contribution in [-0.4, -0.2) is 25.7 Å². The van der Waals surface area contributed by atoms with Crippen LogP contribution in [0.15, 0.2) is 73.3 Å². The minimum atomic E-state index is -0.746. The zero-order valence-electron chi connectivity index (χ0n) is 15.6. The number of halogens is 2. The lowest BCUT2D eigenvalue weighted by Gasteiger charge is -2.09. The summed E-state index contributed by atoms with van der Waals surface area (Å²) in [7, 11) is 0. The largest absolute Gasteiger partial charge is 0.340 e. The number of aromatic nitrogens is 4. The SMILES string of the molecule is O=C(Cc1ccc(F)cc1F)Nc1ccc(Nc2cc(-n3cccn3)ncn2)cc1. The Morgan fingerprint density at radius 1 is 1.00 bits per heavy atom. The fourth-order valence-electron chi connectivity index (χ4n) is 2.77. The summed E-state index contributed by atoms with van der Waals surface area (Å²) in [6.45, 7) is 0. The van der Waals surface area contributed by atoms with Gasteiger partial charge in [-0.05, 0) is 42.0 Å². The van der Waals surface area contributed by atoms with Gasteiger partial charge >= 0.3 is 0 Å². The molecule has 4 rings (SSSR count). The monoisotopic (exact) mass is 406 g/mol. The summed E-state index contributed by atoms with van der Waals surface area (Å²) in [4.78, 5) is 20.5. The molecule has 0 aliphatic heterocycles. The number of carbonyl (C=O) groups is 1. The molecule has 1 amide bonds. The van der Waals surface area contributed by atoms with Gasteiger partial charge in [-0.1, -0.05) is 6.07 Å². The van der Waals surface area contributed by atoms with Gasteiger partial charge in [-0.15, -0.1) is 0 Å². The fraction of sp³-hybridized carbons (Fsp3) is 0.0476. The molecule has 0 radical (unpaired) electrons. The number of hydrogen-bond donors (Lipinski definition) is 2. The van der Waals surface area contributed by atoms with Crippen molar-refractivity contribution in [2.45, 2.75) is 6.42 Å². The van der Waals surface area contributed by atoms with Gasteiger partial charge in [0.2, 0.25) is 5.91 Å². The maximum Gasteiger partial charge on any atom is 0.228 e. The summed E-state index contributed by atoms with van der Waals surface area (Å²) >= 11 is 0. The predicted octanol–water partition coefficient (Wildman–Crippen LogP) is 3.87. The predicted molar refractivity (Wildman–Crippen MR) is 108 cm³/mol. The summed E-state index contributed by atoms with van der Waals surface area (Å²) < 4.78 is 28.3. The van der Waals surface area contributed by atoms with Gasteiger partial charge in [0.15, 0.2) is 5.82 Å². The molecule has 30 heavy (non-hydrogen) atoms. The van der Waals surface area contributed by atoms with Crippen LogP contribution >= 0.6 is 0 Å². The molecule has 0 aliphatic rings. The van der Waals surface area contributed by atoms with Crippen molar-refractivity contribution in [3.8, 4) is 5.82 Å². The molecule has 2 heterocycles. The van der Waals surface area contributed by atoms with Crippen molar-refractivity contribution in [2.75, 3.05) is 10.6 Å². The van der Waals surface area contributed by atoms with Crippen LogP contribution in [0.3, 0.4) is 0 Å². The van der Waals surface area contributed by atoms with Crippen molar-refractivity contribution in [3.05, 3.63) is 90.5 Å². The smallest absolute Gasteiger partial charge is 0.228 e. The molecule has 2 aromatic heterocycles. The summed E-state index contributed by atoms with van der Waals surface area (Å²) in [5, 5.41) is 9.97. The summed E-state index contributed by atoms with van der Waals surface area (Å²) in [5.74, 6) is -0.626. The molecular formula is C21H16F2N6O. The topological polar surface area (TPSA) is 84.7 Å². The third-order valence-electron chi connectivity index (χ3n) is 4.20. The lowest BCUT2D eigenvalue weighted by atomic mass is 10.1. The second-order valence-electron chi connectivity index (χ2n) is 6.38. The molecule has 2 aromatic carbocycles. The van der Waals surface area contributed by atoms with Crippen molar-refractivity contribution in [1.29, 1.82) is 0 Å². The van der Waals surface area contributed by atoms with Crippen molar-refractivity contribution in [1.82, 2.24) is 19.7 Å². The minimum Gasteiger partial charge on any atom is -0.340 e. The maximum atomic E-state index is 13.7. The second kappa shape index (κ2) is 8.48. The highest BCUT2D eigenvalue weighted by Gasteiger charge is 2.10. The van der Waals surface area contributed by atoms with Crippen LogP contribution in [0.5, 0.6) is 0 Å². The molecule has 4 aromatic rings. The third kappa shape index (κ3) is 4.64. The number of carbonyl (C=O) groups excluding carboxylic acids is 1. The average molecular weight is 406 g/mol. The van der Waals surface area contributed by atoms with E-state index in [0.29, 0.717) is 17.3 Å². The Balaban J connectivity index is 1.38. The normalized spacial score (nSPS) is 10.6. The van der Waals surface area contributed by atoms with Gasteiger partial charge in [-0.2, -0.15) is 5.10 Å². The number of rotatable bonds is 6. The Hall–Kier alpha value is -4.14. The van der Waals surface area contributed by atoms with Crippen molar-refractivity contribution < 1.29 is 13.6 Å². The van der Waals surface area contributed by atoms with E-state index in [0.717, 1.165) is 17.8 Å². The number of hydrogen-bond acceptors (Lipinski definition) is 5. The molecule has 0 aliphatic carbocycles. The van der Waals surface area contributed by atoms with Gasteiger partial charge in [-0.3, -0.25) is 4.79 Å². The van der Waals surface area contributed by atoms with Gasteiger partial charge in [0.1, 0.15) is 23.8 Å². The van der Waals surface area contributed by atoms with Crippen molar-refractivity contribution >= 4 is 23.1 Å². The van der Waals surface area contributed by atoms with Gasteiger partial charge in [0.05, 0.1) is 6.42 Å². The number of amides is 1.